The van der Waals surface area contributed by atoms with E-state index in [-0.39, 0.29) is 11.5 Å². The zero-order valence-corrected chi connectivity index (χ0v) is 10.6. The molecule has 0 saturated carbocycles. The third-order valence-corrected chi connectivity index (χ3v) is 1.98. The lowest BCUT2D eigenvalue weighted by Crippen LogP contribution is -2.30. The van der Waals surface area contributed by atoms with Crippen molar-refractivity contribution in [3.05, 3.63) is 29.8 Å². The van der Waals surface area contributed by atoms with E-state index in [1.807, 2.05) is 32.9 Å². The Hall–Kier alpha value is -1.55. The molecule has 0 unspecified atom stereocenters. The molecule has 1 rings (SSSR count). The Morgan fingerprint density at radius 3 is 2.59 bits per heavy atom. The summed E-state index contributed by atoms with van der Waals surface area (Å²) < 4.78 is 5.74. The predicted octanol–water partition coefficient (Wildman–Crippen LogP) is 1.55. The first-order valence-electron chi connectivity index (χ1n) is 5.70. The first kappa shape index (κ1) is 13.5. The Bertz CT molecular complexity index is 383. The average Bonchev–Trinajstić information content (AvgIpc) is 2.24. The minimum atomic E-state index is -0.329. The maximum Gasteiger partial charge on any atom is 0.255 e. The van der Waals surface area contributed by atoms with Crippen LogP contribution in [0.2, 0.25) is 0 Å². The topological polar surface area (TPSA) is 64.3 Å². The third-order valence-electron chi connectivity index (χ3n) is 1.98. The Balaban J connectivity index is 2.88. The second kappa shape index (κ2) is 5.68. The van der Waals surface area contributed by atoms with Crippen LogP contribution in [0.3, 0.4) is 0 Å². The highest BCUT2D eigenvalue weighted by molar-refractivity contribution is 5.96. The van der Waals surface area contributed by atoms with Gasteiger partial charge in [0.1, 0.15) is 11.4 Å². The van der Waals surface area contributed by atoms with Gasteiger partial charge in [0.25, 0.3) is 5.91 Å². The summed E-state index contributed by atoms with van der Waals surface area (Å²) in [6, 6.07) is 7.20. The van der Waals surface area contributed by atoms with E-state index in [0.717, 1.165) is 0 Å². The maximum atomic E-state index is 11.9. The van der Waals surface area contributed by atoms with Crippen molar-refractivity contribution >= 4 is 5.91 Å². The fraction of sp³-hybridized carbons (Fsp3) is 0.462. The van der Waals surface area contributed by atoms with Crippen molar-refractivity contribution in [2.45, 2.75) is 26.4 Å². The molecular weight excluding hydrogens is 216 g/mol. The fourth-order valence-electron chi connectivity index (χ4n) is 1.35. The fourth-order valence-corrected chi connectivity index (χ4v) is 1.35. The van der Waals surface area contributed by atoms with E-state index < -0.39 is 0 Å². The molecule has 4 nitrogen and oxygen atoms in total. The number of amides is 1. The van der Waals surface area contributed by atoms with Gasteiger partial charge in [0, 0.05) is 13.1 Å². The van der Waals surface area contributed by atoms with Crippen LogP contribution in [0.5, 0.6) is 5.75 Å². The summed E-state index contributed by atoms with van der Waals surface area (Å²) in [5, 5.41) is 2.73. The normalized spacial score (nSPS) is 11.1. The highest BCUT2D eigenvalue weighted by Gasteiger charge is 2.17. The number of rotatable bonds is 4. The maximum absolute atomic E-state index is 11.9. The van der Waals surface area contributed by atoms with Gasteiger partial charge in [0.2, 0.25) is 0 Å². The van der Waals surface area contributed by atoms with Crippen molar-refractivity contribution in [2.75, 3.05) is 13.1 Å². The number of ether oxygens (including phenoxy) is 1. The Morgan fingerprint density at radius 2 is 2.00 bits per heavy atom. The SMILES string of the molecule is CC(C)(C)Oc1ccccc1C(=O)NCCN. The van der Waals surface area contributed by atoms with Crippen LogP contribution in [-0.2, 0) is 0 Å². The Labute approximate surface area is 102 Å². The average molecular weight is 236 g/mol. The molecule has 3 N–H and O–H groups in total. The standard InChI is InChI=1S/C13H20N2O2/c1-13(2,3)17-11-7-5-4-6-10(11)12(16)15-9-8-14/h4-7H,8-9,14H2,1-3H3,(H,15,16). The third kappa shape index (κ3) is 4.44. The molecule has 1 aromatic carbocycles. The number of para-hydroxylation sites is 1. The van der Waals surface area contributed by atoms with Crippen molar-refractivity contribution in [1.82, 2.24) is 5.32 Å². The Kier molecular flexibility index (Phi) is 4.52. The highest BCUT2D eigenvalue weighted by atomic mass is 16.5. The summed E-state index contributed by atoms with van der Waals surface area (Å²) in [7, 11) is 0. The Morgan fingerprint density at radius 1 is 1.35 bits per heavy atom. The molecule has 0 atom stereocenters. The van der Waals surface area contributed by atoms with Gasteiger partial charge >= 0.3 is 0 Å². The molecular formula is C13H20N2O2. The van der Waals surface area contributed by atoms with Crippen LogP contribution in [-0.4, -0.2) is 24.6 Å². The minimum Gasteiger partial charge on any atom is -0.487 e. The molecule has 0 spiro atoms. The van der Waals surface area contributed by atoms with Gasteiger partial charge in [-0.1, -0.05) is 12.1 Å². The van der Waals surface area contributed by atoms with Crippen molar-refractivity contribution in [3.63, 3.8) is 0 Å². The smallest absolute Gasteiger partial charge is 0.255 e. The molecule has 4 heteroatoms. The summed E-state index contributed by atoms with van der Waals surface area (Å²) >= 11 is 0. The van der Waals surface area contributed by atoms with E-state index in [1.54, 1.807) is 12.1 Å². The van der Waals surface area contributed by atoms with Crippen LogP contribution in [0.15, 0.2) is 24.3 Å². The first-order valence-corrected chi connectivity index (χ1v) is 5.70. The summed E-state index contributed by atoms with van der Waals surface area (Å²) in [5.74, 6) is 0.435. The second-order valence-corrected chi connectivity index (χ2v) is 4.76. The molecule has 0 heterocycles. The van der Waals surface area contributed by atoms with E-state index in [4.69, 9.17) is 10.5 Å². The van der Waals surface area contributed by atoms with Gasteiger partial charge in [-0.25, -0.2) is 0 Å². The van der Waals surface area contributed by atoms with Crippen molar-refractivity contribution < 1.29 is 9.53 Å². The van der Waals surface area contributed by atoms with E-state index >= 15 is 0 Å². The zero-order chi connectivity index (χ0) is 12.9. The van der Waals surface area contributed by atoms with Crippen LogP contribution in [0, 0.1) is 0 Å². The van der Waals surface area contributed by atoms with Crippen LogP contribution in [0.4, 0.5) is 0 Å². The van der Waals surface area contributed by atoms with Gasteiger partial charge in [0.15, 0.2) is 0 Å². The van der Waals surface area contributed by atoms with E-state index in [1.165, 1.54) is 0 Å². The largest absolute Gasteiger partial charge is 0.487 e. The molecule has 0 bridgehead atoms. The molecule has 0 aromatic heterocycles. The van der Waals surface area contributed by atoms with Crippen molar-refractivity contribution in [1.29, 1.82) is 0 Å². The molecule has 1 aromatic rings. The number of benzene rings is 1. The first-order chi connectivity index (χ1) is 7.94. The quantitative estimate of drug-likeness (QED) is 0.833. The second-order valence-electron chi connectivity index (χ2n) is 4.76. The molecule has 0 aliphatic rings. The van der Waals surface area contributed by atoms with Crippen LogP contribution in [0.25, 0.3) is 0 Å². The van der Waals surface area contributed by atoms with Crippen molar-refractivity contribution in [3.8, 4) is 5.75 Å². The molecule has 0 aliphatic carbocycles. The number of carbonyl (C=O) groups is 1. The van der Waals surface area contributed by atoms with Gasteiger partial charge in [-0.15, -0.1) is 0 Å². The predicted molar refractivity (Wildman–Crippen MR) is 68.2 cm³/mol. The number of hydrogen-bond acceptors (Lipinski definition) is 3. The molecule has 94 valence electrons. The monoisotopic (exact) mass is 236 g/mol. The van der Waals surface area contributed by atoms with E-state index in [2.05, 4.69) is 5.32 Å². The summed E-state index contributed by atoms with van der Waals surface area (Å²) in [6.07, 6.45) is 0. The van der Waals surface area contributed by atoms with Gasteiger partial charge < -0.3 is 15.8 Å². The van der Waals surface area contributed by atoms with Gasteiger partial charge in [-0.2, -0.15) is 0 Å². The van der Waals surface area contributed by atoms with Crippen molar-refractivity contribution in [2.24, 2.45) is 5.73 Å². The molecule has 1 amide bonds. The molecule has 0 fully saturated rings. The van der Waals surface area contributed by atoms with Gasteiger partial charge in [-0.3, -0.25) is 4.79 Å². The van der Waals surface area contributed by atoms with Gasteiger partial charge in [-0.05, 0) is 32.9 Å². The molecule has 0 radical (unpaired) electrons. The van der Waals surface area contributed by atoms with E-state index in [0.29, 0.717) is 24.4 Å². The summed E-state index contributed by atoms with van der Waals surface area (Å²) in [4.78, 5) is 11.9. The van der Waals surface area contributed by atoms with Crippen LogP contribution >= 0.6 is 0 Å². The van der Waals surface area contributed by atoms with Crippen LogP contribution in [0.1, 0.15) is 31.1 Å². The lowest BCUT2D eigenvalue weighted by atomic mass is 10.1. The number of hydrogen-bond donors (Lipinski definition) is 2. The van der Waals surface area contributed by atoms with Gasteiger partial charge in [0.05, 0.1) is 5.56 Å². The minimum absolute atomic E-state index is 0.157. The van der Waals surface area contributed by atoms with E-state index in [9.17, 15) is 4.79 Å². The number of carbonyl (C=O) groups excluding carboxylic acids is 1. The zero-order valence-electron chi connectivity index (χ0n) is 10.6. The molecule has 0 saturated heterocycles. The number of nitrogens with one attached hydrogen (secondary N) is 1. The summed E-state index contributed by atoms with van der Waals surface area (Å²) in [5.41, 5.74) is 5.56. The molecule has 0 aliphatic heterocycles. The summed E-state index contributed by atoms with van der Waals surface area (Å²) in [6.45, 7) is 6.72. The highest BCUT2D eigenvalue weighted by Crippen LogP contribution is 2.22. The lowest BCUT2D eigenvalue weighted by Gasteiger charge is -2.22. The molecule has 17 heavy (non-hydrogen) atoms. The number of nitrogens with two attached hydrogens (primary N) is 1. The lowest BCUT2D eigenvalue weighted by molar-refractivity contribution is 0.0934. The van der Waals surface area contributed by atoms with Crippen LogP contribution < -0.4 is 15.8 Å².